The van der Waals surface area contributed by atoms with E-state index in [2.05, 4.69) is 69.3 Å². The predicted octanol–water partition coefficient (Wildman–Crippen LogP) is 4.21. The van der Waals surface area contributed by atoms with Gasteiger partial charge in [0, 0.05) is 3.57 Å². The normalized spacial score (nSPS) is 11.8. The molecule has 0 atom stereocenters. The third-order valence-electron chi connectivity index (χ3n) is 2.30. The minimum Gasteiger partial charge on any atom is -0.0561 e. The molecule has 72 valence electrons. The molecule has 0 spiro atoms. The van der Waals surface area contributed by atoms with Gasteiger partial charge in [-0.15, -0.1) is 0 Å². The van der Waals surface area contributed by atoms with Crippen LogP contribution in [0.25, 0.3) is 0 Å². The Hall–Kier alpha value is -0.0500. The molecule has 0 radical (unpaired) electrons. The summed E-state index contributed by atoms with van der Waals surface area (Å²) in [5.41, 5.74) is 4.52. The first-order valence-electron chi connectivity index (χ1n) is 4.59. The third kappa shape index (κ3) is 2.46. The first-order valence-corrected chi connectivity index (χ1v) is 5.67. The van der Waals surface area contributed by atoms with Crippen LogP contribution in [0.3, 0.4) is 0 Å². The highest BCUT2D eigenvalue weighted by Gasteiger charge is 2.17. The van der Waals surface area contributed by atoms with E-state index in [-0.39, 0.29) is 5.41 Å². The van der Waals surface area contributed by atoms with Crippen molar-refractivity contribution in [3.8, 4) is 0 Å². The first-order chi connectivity index (χ1) is 5.82. The molecule has 0 fully saturated rings. The fourth-order valence-corrected chi connectivity index (χ4v) is 2.38. The van der Waals surface area contributed by atoms with Gasteiger partial charge in [-0.1, -0.05) is 26.8 Å². The van der Waals surface area contributed by atoms with Crippen LogP contribution >= 0.6 is 22.6 Å². The molecule has 0 heterocycles. The summed E-state index contributed by atoms with van der Waals surface area (Å²) in [6.07, 6.45) is 0. The van der Waals surface area contributed by atoms with Gasteiger partial charge in [-0.25, -0.2) is 0 Å². The van der Waals surface area contributed by atoms with Crippen LogP contribution in [-0.4, -0.2) is 0 Å². The average Bonchev–Trinajstić information content (AvgIpc) is 1.94. The molecule has 0 aliphatic heterocycles. The van der Waals surface area contributed by atoms with Crippen molar-refractivity contribution in [3.05, 3.63) is 32.4 Å². The zero-order valence-electron chi connectivity index (χ0n) is 9.03. The van der Waals surface area contributed by atoms with E-state index in [1.165, 1.54) is 20.3 Å². The molecule has 1 aromatic carbocycles. The minimum absolute atomic E-state index is 0.260. The standard InChI is InChI=1S/C12H17I/c1-8-6-10(12(3,4)5)9(2)11(13)7-8/h6-7H,1-5H3. The molecule has 0 amide bonds. The van der Waals surface area contributed by atoms with Crippen molar-refractivity contribution in [1.82, 2.24) is 0 Å². The van der Waals surface area contributed by atoms with Crippen molar-refractivity contribution in [2.24, 2.45) is 0 Å². The van der Waals surface area contributed by atoms with Gasteiger partial charge in [-0.05, 0) is 64.6 Å². The highest BCUT2D eigenvalue weighted by molar-refractivity contribution is 14.1. The summed E-state index contributed by atoms with van der Waals surface area (Å²) >= 11 is 2.42. The summed E-state index contributed by atoms with van der Waals surface area (Å²) in [7, 11) is 0. The van der Waals surface area contributed by atoms with E-state index in [0.717, 1.165) is 0 Å². The lowest BCUT2D eigenvalue weighted by Gasteiger charge is -2.23. The molecule has 0 unspecified atom stereocenters. The molecule has 0 aromatic heterocycles. The Bertz CT molecular complexity index is 319. The maximum Gasteiger partial charge on any atom is 0.0165 e. The SMILES string of the molecule is Cc1cc(I)c(C)c(C(C)(C)C)c1. The lowest BCUT2D eigenvalue weighted by atomic mass is 9.83. The van der Waals surface area contributed by atoms with E-state index in [0.29, 0.717) is 0 Å². The maximum atomic E-state index is 2.42. The predicted molar refractivity (Wildman–Crippen MR) is 67.3 cm³/mol. The van der Waals surface area contributed by atoms with Gasteiger partial charge < -0.3 is 0 Å². The van der Waals surface area contributed by atoms with Crippen LogP contribution in [-0.2, 0) is 5.41 Å². The van der Waals surface area contributed by atoms with Gasteiger partial charge in [-0.3, -0.25) is 0 Å². The zero-order valence-corrected chi connectivity index (χ0v) is 11.2. The van der Waals surface area contributed by atoms with E-state index >= 15 is 0 Å². The molecule has 0 nitrogen and oxygen atoms in total. The summed E-state index contributed by atoms with van der Waals surface area (Å²) in [4.78, 5) is 0. The van der Waals surface area contributed by atoms with E-state index < -0.39 is 0 Å². The van der Waals surface area contributed by atoms with Gasteiger partial charge in [0.1, 0.15) is 0 Å². The van der Waals surface area contributed by atoms with Crippen LogP contribution in [0.1, 0.15) is 37.5 Å². The number of hydrogen-bond donors (Lipinski definition) is 0. The molecule has 0 N–H and O–H groups in total. The van der Waals surface area contributed by atoms with Crippen molar-refractivity contribution in [1.29, 1.82) is 0 Å². The Morgan fingerprint density at radius 3 is 2.08 bits per heavy atom. The van der Waals surface area contributed by atoms with Crippen LogP contribution in [0.4, 0.5) is 0 Å². The summed E-state index contributed by atoms with van der Waals surface area (Å²) in [5, 5.41) is 0. The highest BCUT2D eigenvalue weighted by atomic mass is 127. The number of hydrogen-bond acceptors (Lipinski definition) is 0. The summed E-state index contributed by atoms with van der Waals surface area (Å²) < 4.78 is 1.38. The van der Waals surface area contributed by atoms with Crippen molar-refractivity contribution in [2.45, 2.75) is 40.0 Å². The van der Waals surface area contributed by atoms with Crippen LogP contribution in [0.2, 0.25) is 0 Å². The number of rotatable bonds is 0. The maximum absolute atomic E-state index is 2.42. The van der Waals surface area contributed by atoms with Gasteiger partial charge in [0.2, 0.25) is 0 Å². The molecule has 13 heavy (non-hydrogen) atoms. The largest absolute Gasteiger partial charge is 0.0561 e. The number of benzene rings is 1. The fourth-order valence-electron chi connectivity index (χ4n) is 1.59. The summed E-state index contributed by atoms with van der Waals surface area (Å²) in [5.74, 6) is 0. The quantitative estimate of drug-likeness (QED) is 0.627. The van der Waals surface area contributed by atoms with Gasteiger partial charge in [0.25, 0.3) is 0 Å². The Morgan fingerprint density at radius 1 is 1.08 bits per heavy atom. The van der Waals surface area contributed by atoms with Crippen molar-refractivity contribution in [2.75, 3.05) is 0 Å². The lowest BCUT2D eigenvalue weighted by molar-refractivity contribution is 0.585. The second-order valence-electron chi connectivity index (χ2n) is 4.67. The fraction of sp³-hybridized carbons (Fsp3) is 0.500. The average molecular weight is 288 g/mol. The molecule has 1 heteroatoms. The summed E-state index contributed by atoms with van der Waals surface area (Å²) in [6, 6.07) is 4.54. The molecule has 0 aliphatic carbocycles. The Balaban J connectivity index is 3.37. The number of halogens is 1. The van der Waals surface area contributed by atoms with Crippen LogP contribution in [0.15, 0.2) is 12.1 Å². The van der Waals surface area contributed by atoms with Crippen LogP contribution < -0.4 is 0 Å². The Labute approximate surface area is 94.9 Å². The van der Waals surface area contributed by atoms with E-state index in [9.17, 15) is 0 Å². The van der Waals surface area contributed by atoms with E-state index in [1.807, 2.05) is 0 Å². The molecule has 0 saturated heterocycles. The number of aryl methyl sites for hydroxylation is 1. The first kappa shape index (κ1) is 11.0. The van der Waals surface area contributed by atoms with Gasteiger partial charge in [0.15, 0.2) is 0 Å². The minimum atomic E-state index is 0.260. The molecule has 1 rings (SSSR count). The van der Waals surface area contributed by atoms with Crippen molar-refractivity contribution >= 4 is 22.6 Å². The zero-order chi connectivity index (χ0) is 10.2. The molecule has 0 aliphatic rings. The van der Waals surface area contributed by atoms with Crippen molar-refractivity contribution < 1.29 is 0 Å². The Kier molecular flexibility index (Phi) is 3.05. The smallest absolute Gasteiger partial charge is 0.0165 e. The van der Waals surface area contributed by atoms with Gasteiger partial charge >= 0.3 is 0 Å². The Morgan fingerprint density at radius 2 is 1.62 bits per heavy atom. The highest BCUT2D eigenvalue weighted by Crippen LogP contribution is 2.29. The van der Waals surface area contributed by atoms with Crippen LogP contribution in [0, 0.1) is 17.4 Å². The van der Waals surface area contributed by atoms with Gasteiger partial charge in [0.05, 0.1) is 0 Å². The van der Waals surface area contributed by atoms with Crippen LogP contribution in [0.5, 0.6) is 0 Å². The third-order valence-corrected chi connectivity index (χ3v) is 3.42. The second-order valence-corrected chi connectivity index (χ2v) is 5.83. The molecular weight excluding hydrogens is 271 g/mol. The monoisotopic (exact) mass is 288 g/mol. The topological polar surface area (TPSA) is 0 Å². The lowest BCUT2D eigenvalue weighted by Crippen LogP contribution is -2.14. The molecule has 0 saturated carbocycles. The van der Waals surface area contributed by atoms with E-state index in [1.54, 1.807) is 0 Å². The molecule has 0 bridgehead atoms. The van der Waals surface area contributed by atoms with E-state index in [4.69, 9.17) is 0 Å². The molecular formula is C12H17I. The molecule has 1 aromatic rings. The second kappa shape index (κ2) is 3.60. The summed E-state index contributed by atoms with van der Waals surface area (Å²) in [6.45, 7) is 11.2. The van der Waals surface area contributed by atoms with Crippen molar-refractivity contribution in [3.63, 3.8) is 0 Å². The van der Waals surface area contributed by atoms with Gasteiger partial charge in [-0.2, -0.15) is 0 Å².